The minimum absolute atomic E-state index is 0.273. The third-order valence-corrected chi connectivity index (χ3v) is 4.89. The first-order valence-corrected chi connectivity index (χ1v) is 10.7. The number of pyridine rings is 1. The van der Waals surface area contributed by atoms with Crippen molar-refractivity contribution in [1.82, 2.24) is 20.5 Å². The highest BCUT2D eigenvalue weighted by Gasteiger charge is 2.18. The molecule has 1 aromatic heterocycles. The highest BCUT2D eigenvalue weighted by Crippen LogP contribution is 2.17. The monoisotopic (exact) mass is 409 g/mol. The molecular weight excluding hydrogens is 378 g/mol. The van der Waals surface area contributed by atoms with Crippen molar-refractivity contribution in [1.29, 1.82) is 0 Å². The van der Waals surface area contributed by atoms with Crippen LogP contribution in [0.1, 0.15) is 37.3 Å². The highest BCUT2D eigenvalue weighted by molar-refractivity contribution is 5.80. The molecule has 1 aromatic carbocycles. The van der Waals surface area contributed by atoms with E-state index in [4.69, 9.17) is 4.74 Å². The second kappa shape index (κ2) is 11.8. The van der Waals surface area contributed by atoms with E-state index in [2.05, 4.69) is 20.6 Å². The minimum Gasteiger partial charge on any atom is -0.473 e. The van der Waals surface area contributed by atoms with Crippen LogP contribution in [0.4, 0.5) is 0 Å². The Labute approximate surface area is 178 Å². The molecule has 7 nitrogen and oxygen atoms in total. The van der Waals surface area contributed by atoms with Crippen LogP contribution in [0.5, 0.6) is 5.88 Å². The SMILES string of the molecule is CCNC(=NCc1cccnc1OCc1ccccc1)NCCCN1CCCC1=O. The fourth-order valence-electron chi connectivity index (χ4n) is 3.32. The Morgan fingerprint density at radius 1 is 1.20 bits per heavy atom. The average Bonchev–Trinajstić information content (AvgIpc) is 3.19. The summed E-state index contributed by atoms with van der Waals surface area (Å²) in [5, 5.41) is 6.61. The Bertz CT molecular complexity index is 825. The van der Waals surface area contributed by atoms with Crippen LogP contribution in [0, 0.1) is 0 Å². The van der Waals surface area contributed by atoms with Gasteiger partial charge in [-0.3, -0.25) is 4.79 Å². The smallest absolute Gasteiger partial charge is 0.222 e. The topological polar surface area (TPSA) is 78.9 Å². The summed E-state index contributed by atoms with van der Waals surface area (Å²) in [4.78, 5) is 22.7. The van der Waals surface area contributed by atoms with E-state index in [9.17, 15) is 4.79 Å². The number of aromatic nitrogens is 1. The van der Waals surface area contributed by atoms with Crippen molar-refractivity contribution in [3.63, 3.8) is 0 Å². The van der Waals surface area contributed by atoms with Gasteiger partial charge in [0.25, 0.3) is 0 Å². The number of carbonyl (C=O) groups is 1. The Morgan fingerprint density at radius 3 is 2.83 bits per heavy atom. The van der Waals surface area contributed by atoms with Crippen molar-refractivity contribution in [2.45, 2.75) is 39.3 Å². The largest absolute Gasteiger partial charge is 0.473 e. The summed E-state index contributed by atoms with van der Waals surface area (Å²) in [7, 11) is 0. The van der Waals surface area contributed by atoms with Gasteiger partial charge in [0, 0.05) is 44.4 Å². The molecule has 0 atom stereocenters. The average molecular weight is 410 g/mol. The van der Waals surface area contributed by atoms with Crippen LogP contribution in [-0.4, -0.2) is 47.9 Å². The van der Waals surface area contributed by atoms with Crippen molar-refractivity contribution in [3.8, 4) is 5.88 Å². The predicted octanol–water partition coefficient (Wildman–Crippen LogP) is 2.73. The van der Waals surface area contributed by atoms with E-state index in [1.54, 1.807) is 6.20 Å². The lowest BCUT2D eigenvalue weighted by atomic mass is 10.2. The van der Waals surface area contributed by atoms with Gasteiger partial charge in [0.15, 0.2) is 5.96 Å². The molecule has 160 valence electrons. The van der Waals surface area contributed by atoms with Crippen molar-refractivity contribution >= 4 is 11.9 Å². The van der Waals surface area contributed by atoms with Gasteiger partial charge in [-0.05, 0) is 31.4 Å². The molecule has 30 heavy (non-hydrogen) atoms. The van der Waals surface area contributed by atoms with E-state index in [1.807, 2.05) is 54.3 Å². The van der Waals surface area contributed by atoms with Crippen LogP contribution in [0.2, 0.25) is 0 Å². The molecule has 0 radical (unpaired) electrons. The number of likely N-dealkylation sites (tertiary alicyclic amines) is 1. The summed E-state index contributed by atoms with van der Waals surface area (Å²) in [5.41, 5.74) is 2.04. The molecule has 0 unspecified atom stereocenters. The van der Waals surface area contributed by atoms with E-state index in [0.29, 0.717) is 25.5 Å². The second-order valence-electron chi connectivity index (χ2n) is 7.20. The minimum atomic E-state index is 0.273. The van der Waals surface area contributed by atoms with Gasteiger partial charge in [0.05, 0.1) is 6.54 Å². The van der Waals surface area contributed by atoms with Crippen molar-refractivity contribution in [2.75, 3.05) is 26.2 Å². The zero-order valence-corrected chi connectivity index (χ0v) is 17.6. The number of hydrogen-bond donors (Lipinski definition) is 2. The first-order valence-electron chi connectivity index (χ1n) is 10.7. The summed E-state index contributed by atoms with van der Waals surface area (Å²) in [5.74, 6) is 1.63. The summed E-state index contributed by atoms with van der Waals surface area (Å²) in [6.45, 7) is 6.21. The van der Waals surface area contributed by atoms with E-state index in [0.717, 1.165) is 56.1 Å². The molecule has 7 heteroatoms. The predicted molar refractivity (Wildman–Crippen MR) is 118 cm³/mol. The Hall–Kier alpha value is -3.09. The fraction of sp³-hybridized carbons (Fsp3) is 0.435. The third kappa shape index (κ3) is 6.76. The highest BCUT2D eigenvalue weighted by atomic mass is 16.5. The number of carbonyl (C=O) groups excluding carboxylic acids is 1. The number of amides is 1. The number of nitrogens with one attached hydrogen (secondary N) is 2. The summed E-state index contributed by atoms with van der Waals surface area (Å²) >= 11 is 0. The Morgan fingerprint density at radius 2 is 2.07 bits per heavy atom. The molecule has 1 aliphatic rings. The molecule has 2 aromatic rings. The van der Waals surface area contributed by atoms with Gasteiger partial charge in [0.2, 0.25) is 11.8 Å². The van der Waals surface area contributed by atoms with Gasteiger partial charge in [-0.25, -0.2) is 9.98 Å². The van der Waals surface area contributed by atoms with Gasteiger partial charge >= 0.3 is 0 Å². The summed E-state index contributed by atoms with van der Waals surface area (Å²) in [6, 6.07) is 13.9. The number of aliphatic imine (C=N–C) groups is 1. The van der Waals surface area contributed by atoms with Crippen LogP contribution in [-0.2, 0) is 17.9 Å². The van der Waals surface area contributed by atoms with Gasteiger partial charge in [-0.2, -0.15) is 0 Å². The third-order valence-electron chi connectivity index (χ3n) is 4.89. The lowest BCUT2D eigenvalue weighted by Gasteiger charge is -2.16. The molecule has 1 amide bonds. The van der Waals surface area contributed by atoms with E-state index in [-0.39, 0.29) is 5.91 Å². The number of ether oxygens (including phenoxy) is 1. The van der Waals surface area contributed by atoms with Gasteiger partial charge in [-0.15, -0.1) is 0 Å². The number of benzene rings is 1. The maximum absolute atomic E-state index is 11.7. The molecule has 0 bridgehead atoms. The second-order valence-corrected chi connectivity index (χ2v) is 7.20. The van der Waals surface area contributed by atoms with Gasteiger partial charge < -0.3 is 20.3 Å². The van der Waals surface area contributed by atoms with Crippen LogP contribution in [0.25, 0.3) is 0 Å². The Kier molecular flexibility index (Phi) is 8.50. The number of nitrogens with zero attached hydrogens (tertiary/aromatic N) is 3. The maximum atomic E-state index is 11.7. The van der Waals surface area contributed by atoms with Crippen LogP contribution in [0.15, 0.2) is 53.7 Å². The summed E-state index contributed by atoms with van der Waals surface area (Å²) in [6.07, 6.45) is 4.30. The zero-order chi connectivity index (χ0) is 21.0. The Balaban J connectivity index is 1.51. The van der Waals surface area contributed by atoms with Crippen LogP contribution in [0.3, 0.4) is 0 Å². The lowest BCUT2D eigenvalue weighted by Crippen LogP contribution is -2.39. The molecular formula is C23H31N5O2. The van der Waals surface area contributed by atoms with Gasteiger partial charge in [0.1, 0.15) is 6.61 Å². The molecule has 3 rings (SSSR count). The molecule has 1 aliphatic heterocycles. The summed E-state index contributed by atoms with van der Waals surface area (Å²) < 4.78 is 5.92. The zero-order valence-electron chi connectivity index (χ0n) is 17.6. The lowest BCUT2D eigenvalue weighted by molar-refractivity contribution is -0.127. The fourth-order valence-corrected chi connectivity index (χ4v) is 3.32. The standard InChI is InChI=1S/C23H31N5O2/c1-2-24-23(26-14-8-16-28-15-7-12-21(28)29)27-17-20-11-6-13-25-22(20)30-18-19-9-4-3-5-10-19/h3-6,9-11,13H,2,7-8,12,14-18H2,1H3,(H2,24,26,27). The first-order chi connectivity index (χ1) is 14.8. The van der Waals surface area contributed by atoms with Crippen molar-refractivity contribution in [3.05, 3.63) is 59.8 Å². The van der Waals surface area contributed by atoms with Crippen LogP contribution >= 0.6 is 0 Å². The maximum Gasteiger partial charge on any atom is 0.222 e. The first kappa shape index (κ1) is 21.6. The number of guanidine groups is 1. The van der Waals surface area contributed by atoms with E-state index >= 15 is 0 Å². The van der Waals surface area contributed by atoms with E-state index in [1.165, 1.54) is 0 Å². The molecule has 2 N–H and O–H groups in total. The molecule has 0 aliphatic carbocycles. The van der Waals surface area contributed by atoms with Crippen LogP contribution < -0.4 is 15.4 Å². The molecule has 0 saturated carbocycles. The molecule has 1 saturated heterocycles. The number of rotatable bonds is 10. The number of hydrogen-bond acceptors (Lipinski definition) is 4. The van der Waals surface area contributed by atoms with Crippen molar-refractivity contribution in [2.24, 2.45) is 4.99 Å². The normalized spacial score (nSPS) is 14.1. The van der Waals surface area contributed by atoms with E-state index < -0.39 is 0 Å². The quantitative estimate of drug-likeness (QED) is 0.358. The molecule has 1 fully saturated rings. The van der Waals surface area contributed by atoms with Crippen molar-refractivity contribution < 1.29 is 9.53 Å². The molecule has 2 heterocycles. The van der Waals surface area contributed by atoms with Gasteiger partial charge in [-0.1, -0.05) is 36.4 Å². The molecule has 0 spiro atoms.